The lowest BCUT2D eigenvalue weighted by atomic mass is 9.88. The molecule has 1 fully saturated rings. The number of nitrogens with two attached hydrogens (primary N) is 1. The molecular formula is C14H21NO. The molecule has 2 atom stereocenters. The van der Waals surface area contributed by atoms with Gasteiger partial charge in [0.2, 0.25) is 0 Å². The number of rotatable bonds is 3. The second kappa shape index (κ2) is 5.35. The molecular weight excluding hydrogens is 198 g/mol. The zero-order valence-electron chi connectivity index (χ0n) is 9.99. The highest BCUT2D eigenvalue weighted by atomic mass is 16.5. The Morgan fingerprint density at radius 1 is 1.25 bits per heavy atom. The quantitative estimate of drug-likeness (QED) is 0.791. The van der Waals surface area contributed by atoms with Gasteiger partial charge in [-0.3, -0.25) is 0 Å². The number of anilines is 1. The molecule has 2 unspecified atom stereocenters. The van der Waals surface area contributed by atoms with Crippen molar-refractivity contribution in [2.75, 3.05) is 5.73 Å². The summed E-state index contributed by atoms with van der Waals surface area (Å²) in [6.07, 6.45) is 5.59. The van der Waals surface area contributed by atoms with Gasteiger partial charge in [0, 0.05) is 11.3 Å². The van der Waals surface area contributed by atoms with E-state index in [1.54, 1.807) is 0 Å². The Labute approximate surface area is 97.8 Å². The maximum Gasteiger partial charge on any atom is 0.0740 e. The fourth-order valence-corrected chi connectivity index (χ4v) is 2.39. The topological polar surface area (TPSA) is 35.2 Å². The van der Waals surface area contributed by atoms with Crippen molar-refractivity contribution in [3.05, 3.63) is 29.8 Å². The van der Waals surface area contributed by atoms with E-state index in [1.165, 1.54) is 25.7 Å². The summed E-state index contributed by atoms with van der Waals surface area (Å²) < 4.78 is 5.98. The summed E-state index contributed by atoms with van der Waals surface area (Å²) in [6, 6.07) is 7.95. The summed E-state index contributed by atoms with van der Waals surface area (Å²) in [4.78, 5) is 0. The van der Waals surface area contributed by atoms with Crippen molar-refractivity contribution in [3.63, 3.8) is 0 Å². The van der Waals surface area contributed by atoms with Crippen LogP contribution in [0.3, 0.4) is 0 Å². The molecule has 1 aromatic carbocycles. The van der Waals surface area contributed by atoms with Crippen LogP contribution in [0.2, 0.25) is 0 Å². The third-order valence-electron chi connectivity index (χ3n) is 3.54. The smallest absolute Gasteiger partial charge is 0.0740 e. The summed E-state index contributed by atoms with van der Waals surface area (Å²) in [7, 11) is 0. The zero-order valence-corrected chi connectivity index (χ0v) is 9.99. The van der Waals surface area contributed by atoms with Crippen molar-refractivity contribution in [3.8, 4) is 0 Å². The van der Waals surface area contributed by atoms with Gasteiger partial charge < -0.3 is 10.5 Å². The molecule has 2 heteroatoms. The van der Waals surface area contributed by atoms with Gasteiger partial charge in [0.25, 0.3) is 0 Å². The van der Waals surface area contributed by atoms with Crippen LogP contribution in [0, 0.1) is 5.92 Å². The molecule has 0 heterocycles. The van der Waals surface area contributed by atoms with E-state index < -0.39 is 0 Å². The Bertz CT molecular complexity index is 337. The SMILES string of the molecule is CC1CCCCC1OCc1ccccc1N. The minimum atomic E-state index is 0.424. The second-order valence-electron chi connectivity index (χ2n) is 4.81. The van der Waals surface area contributed by atoms with Crippen LogP contribution in [0.4, 0.5) is 5.69 Å². The molecule has 2 N–H and O–H groups in total. The van der Waals surface area contributed by atoms with Gasteiger partial charge in [-0.15, -0.1) is 0 Å². The fourth-order valence-electron chi connectivity index (χ4n) is 2.39. The van der Waals surface area contributed by atoms with Crippen molar-refractivity contribution in [1.82, 2.24) is 0 Å². The van der Waals surface area contributed by atoms with Crippen LogP contribution in [0.5, 0.6) is 0 Å². The zero-order chi connectivity index (χ0) is 11.4. The van der Waals surface area contributed by atoms with Gasteiger partial charge in [-0.1, -0.05) is 38.0 Å². The molecule has 2 rings (SSSR count). The Morgan fingerprint density at radius 3 is 2.75 bits per heavy atom. The number of ether oxygens (including phenoxy) is 1. The van der Waals surface area contributed by atoms with E-state index in [2.05, 4.69) is 6.92 Å². The van der Waals surface area contributed by atoms with Crippen molar-refractivity contribution in [1.29, 1.82) is 0 Å². The first-order chi connectivity index (χ1) is 7.77. The van der Waals surface area contributed by atoms with Gasteiger partial charge >= 0.3 is 0 Å². The van der Waals surface area contributed by atoms with Crippen LogP contribution >= 0.6 is 0 Å². The molecule has 1 aliphatic carbocycles. The van der Waals surface area contributed by atoms with Crippen molar-refractivity contribution in [2.45, 2.75) is 45.3 Å². The molecule has 0 spiro atoms. The predicted molar refractivity (Wildman–Crippen MR) is 67.1 cm³/mol. The predicted octanol–water partition coefficient (Wildman–Crippen LogP) is 3.36. The highest BCUT2D eigenvalue weighted by molar-refractivity contribution is 5.45. The Hall–Kier alpha value is -1.02. The first-order valence-electron chi connectivity index (χ1n) is 6.22. The van der Waals surface area contributed by atoms with Crippen LogP contribution in [0.15, 0.2) is 24.3 Å². The average Bonchev–Trinajstić information content (AvgIpc) is 2.30. The van der Waals surface area contributed by atoms with Crippen LogP contribution < -0.4 is 5.73 Å². The number of hydrogen-bond acceptors (Lipinski definition) is 2. The molecule has 0 amide bonds. The van der Waals surface area contributed by atoms with E-state index in [1.807, 2.05) is 24.3 Å². The third kappa shape index (κ3) is 2.76. The van der Waals surface area contributed by atoms with Gasteiger partial charge in [0.05, 0.1) is 12.7 Å². The minimum Gasteiger partial charge on any atom is -0.398 e. The van der Waals surface area contributed by atoms with Gasteiger partial charge in [0.15, 0.2) is 0 Å². The fraction of sp³-hybridized carbons (Fsp3) is 0.571. The lowest BCUT2D eigenvalue weighted by Gasteiger charge is -2.28. The first kappa shape index (κ1) is 11.5. The molecule has 16 heavy (non-hydrogen) atoms. The summed E-state index contributed by atoms with van der Waals surface area (Å²) in [5.74, 6) is 0.693. The molecule has 0 bridgehead atoms. The van der Waals surface area contributed by atoms with Crippen LogP contribution in [-0.2, 0) is 11.3 Å². The van der Waals surface area contributed by atoms with E-state index in [4.69, 9.17) is 10.5 Å². The Morgan fingerprint density at radius 2 is 2.00 bits per heavy atom. The van der Waals surface area contributed by atoms with Crippen molar-refractivity contribution in [2.24, 2.45) is 5.92 Å². The molecule has 88 valence electrons. The normalized spacial score (nSPS) is 25.6. The Balaban J connectivity index is 1.89. The van der Waals surface area contributed by atoms with Crippen molar-refractivity contribution >= 4 is 5.69 Å². The molecule has 1 aliphatic rings. The number of nitrogen functional groups attached to an aromatic ring is 1. The Kier molecular flexibility index (Phi) is 3.83. The molecule has 0 aliphatic heterocycles. The van der Waals surface area contributed by atoms with Gasteiger partial charge in [-0.2, -0.15) is 0 Å². The summed E-state index contributed by atoms with van der Waals surface area (Å²) in [5.41, 5.74) is 7.84. The van der Waals surface area contributed by atoms with Gasteiger partial charge in [-0.25, -0.2) is 0 Å². The highest BCUT2D eigenvalue weighted by Gasteiger charge is 2.21. The minimum absolute atomic E-state index is 0.424. The molecule has 1 saturated carbocycles. The first-order valence-corrected chi connectivity index (χ1v) is 6.22. The second-order valence-corrected chi connectivity index (χ2v) is 4.81. The van der Waals surface area contributed by atoms with E-state index >= 15 is 0 Å². The summed E-state index contributed by atoms with van der Waals surface area (Å²) >= 11 is 0. The summed E-state index contributed by atoms with van der Waals surface area (Å²) in [6.45, 7) is 2.94. The maximum atomic E-state index is 5.98. The number of para-hydroxylation sites is 1. The third-order valence-corrected chi connectivity index (χ3v) is 3.54. The van der Waals surface area contributed by atoms with Crippen molar-refractivity contribution < 1.29 is 4.74 Å². The van der Waals surface area contributed by atoms with E-state index in [-0.39, 0.29) is 0 Å². The van der Waals surface area contributed by atoms with E-state index in [0.29, 0.717) is 18.6 Å². The maximum absolute atomic E-state index is 5.98. The largest absolute Gasteiger partial charge is 0.398 e. The highest BCUT2D eigenvalue weighted by Crippen LogP contribution is 2.27. The molecule has 0 radical (unpaired) electrons. The summed E-state index contributed by atoms with van der Waals surface area (Å²) in [5, 5.41) is 0. The average molecular weight is 219 g/mol. The molecule has 1 aromatic rings. The van der Waals surface area contributed by atoms with Crippen LogP contribution in [0.25, 0.3) is 0 Å². The van der Waals surface area contributed by atoms with Gasteiger partial charge in [-0.05, 0) is 24.8 Å². The number of hydrogen-bond donors (Lipinski definition) is 1. The molecule has 2 nitrogen and oxygen atoms in total. The van der Waals surface area contributed by atoms with Crippen LogP contribution in [0.1, 0.15) is 38.2 Å². The monoisotopic (exact) mass is 219 g/mol. The van der Waals surface area contributed by atoms with Gasteiger partial charge in [0.1, 0.15) is 0 Å². The van der Waals surface area contributed by atoms with E-state index in [0.717, 1.165) is 11.3 Å². The molecule has 0 aromatic heterocycles. The van der Waals surface area contributed by atoms with Crippen LogP contribution in [-0.4, -0.2) is 6.10 Å². The lowest BCUT2D eigenvalue weighted by Crippen LogP contribution is -2.25. The lowest BCUT2D eigenvalue weighted by molar-refractivity contribution is -0.0152. The van der Waals surface area contributed by atoms with E-state index in [9.17, 15) is 0 Å². The standard InChI is InChI=1S/C14H21NO/c1-11-6-2-5-9-14(11)16-10-12-7-3-4-8-13(12)15/h3-4,7-8,11,14H,2,5-6,9-10,15H2,1H3. The molecule has 0 saturated heterocycles. The number of benzene rings is 1.